The second-order valence-corrected chi connectivity index (χ2v) is 9.88. The molecule has 1 heterocycles. The van der Waals surface area contributed by atoms with Crippen LogP contribution >= 0.6 is 24.0 Å². The van der Waals surface area contributed by atoms with Crippen LogP contribution in [0.15, 0.2) is 48.5 Å². The highest BCUT2D eigenvalue weighted by molar-refractivity contribution is 8.24. The fourth-order valence-corrected chi connectivity index (χ4v) is 4.83. The van der Waals surface area contributed by atoms with E-state index in [4.69, 9.17) is 17.0 Å². The molecule has 2 amide bonds. The van der Waals surface area contributed by atoms with Gasteiger partial charge in [0, 0.05) is 24.2 Å². The number of anilines is 1. The van der Waals surface area contributed by atoms with Crippen LogP contribution in [0, 0.1) is 0 Å². The number of nitrogens with one attached hydrogen (secondary N) is 3. The van der Waals surface area contributed by atoms with Crippen LogP contribution < -0.4 is 16.0 Å². The van der Waals surface area contributed by atoms with Crippen LogP contribution in [0.3, 0.4) is 0 Å². The van der Waals surface area contributed by atoms with Crippen LogP contribution in [0.5, 0.6) is 0 Å². The summed E-state index contributed by atoms with van der Waals surface area (Å²) in [4.78, 5) is 48.1. The number of thiocarbonyl (C=S) groups is 1. The SMILES string of the molecule is COC(=O)CC[C@@H](NC(=O)c1cccc(CNc2ccc(CC3SC(=S)NC3=O)cc2)c1)C(=O)OC. The molecule has 2 aromatic rings. The summed E-state index contributed by atoms with van der Waals surface area (Å²) >= 11 is 6.41. The van der Waals surface area contributed by atoms with E-state index in [0.717, 1.165) is 16.8 Å². The molecule has 1 aliphatic heterocycles. The van der Waals surface area contributed by atoms with E-state index in [0.29, 0.717) is 22.8 Å². The van der Waals surface area contributed by atoms with Gasteiger partial charge >= 0.3 is 11.9 Å². The van der Waals surface area contributed by atoms with Gasteiger partial charge in [0.1, 0.15) is 10.4 Å². The summed E-state index contributed by atoms with van der Waals surface area (Å²) < 4.78 is 9.85. The number of rotatable bonds is 11. The standard InChI is InChI=1S/C25H27N3O6S2/c1-33-21(29)11-10-19(24(32)34-2)27-22(30)17-5-3-4-16(12-17)14-26-18-8-6-15(7-9-18)13-20-23(31)28-25(35)36-20/h3-9,12,19-20,26H,10-11,13-14H2,1-2H3,(H,27,30)(H,28,31,35)/t19-,20?/m1/s1. The number of esters is 2. The summed E-state index contributed by atoms with van der Waals surface area (Å²) in [5.74, 6) is -1.62. The molecule has 0 spiro atoms. The lowest BCUT2D eigenvalue weighted by Crippen LogP contribution is -2.41. The molecule has 0 radical (unpaired) electrons. The molecule has 2 atom stereocenters. The number of ether oxygens (including phenoxy) is 2. The van der Waals surface area contributed by atoms with E-state index in [-0.39, 0.29) is 24.0 Å². The zero-order valence-corrected chi connectivity index (χ0v) is 21.5. The lowest BCUT2D eigenvalue weighted by molar-refractivity contribution is -0.144. The molecule has 190 valence electrons. The zero-order chi connectivity index (χ0) is 26.1. The summed E-state index contributed by atoms with van der Waals surface area (Å²) in [6.07, 6.45) is 0.638. The summed E-state index contributed by atoms with van der Waals surface area (Å²) in [5, 5.41) is 8.39. The van der Waals surface area contributed by atoms with E-state index < -0.39 is 23.9 Å². The largest absolute Gasteiger partial charge is 0.469 e. The summed E-state index contributed by atoms with van der Waals surface area (Å²) in [5.41, 5.74) is 3.16. The van der Waals surface area contributed by atoms with E-state index in [1.165, 1.54) is 26.0 Å². The fourth-order valence-electron chi connectivity index (χ4n) is 3.52. The molecule has 3 rings (SSSR count). The van der Waals surface area contributed by atoms with Crippen molar-refractivity contribution in [1.29, 1.82) is 0 Å². The minimum absolute atomic E-state index is 0.0284. The van der Waals surface area contributed by atoms with Crippen molar-refractivity contribution in [2.75, 3.05) is 19.5 Å². The quantitative estimate of drug-likeness (QED) is 0.298. The average Bonchev–Trinajstić information content (AvgIpc) is 3.21. The van der Waals surface area contributed by atoms with Gasteiger partial charge in [-0.2, -0.15) is 0 Å². The molecular formula is C25H27N3O6S2. The second-order valence-electron chi connectivity index (χ2n) is 8.00. The van der Waals surface area contributed by atoms with Crippen molar-refractivity contribution in [1.82, 2.24) is 10.6 Å². The molecule has 0 aromatic heterocycles. The first kappa shape index (κ1) is 27.2. The zero-order valence-electron chi connectivity index (χ0n) is 19.9. The third kappa shape index (κ3) is 7.79. The Morgan fingerprint density at radius 2 is 1.83 bits per heavy atom. The Balaban J connectivity index is 1.56. The molecule has 1 unspecified atom stereocenters. The first-order chi connectivity index (χ1) is 17.3. The predicted octanol–water partition coefficient (Wildman–Crippen LogP) is 2.58. The number of amides is 2. The Kier molecular flexibility index (Phi) is 9.83. The number of carbonyl (C=O) groups is 4. The number of benzene rings is 2. The Bertz CT molecular complexity index is 1140. The molecule has 9 nitrogen and oxygen atoms in total. The van der Waals surface area contributed by atoms with Crippen LogP contribution in [-0.2, 0) is 36.8 Å². The van der Waals surface area contributed by atoms with E-state index in [1.807, 2.05) is 30.3 Å². The number of hydrogen-bond donors (Lipinski definition) is 3. The Morgan fingerprint density at radius 3 is 2.47 bits per heavy atom. The van der Waals surface area contributed by atoms with Gasteiger partial charge in [0.25, 0.3) is 5.91 Å². The summed E-state index contributed by atoms with van der Waals surface area (Å²) in [6, 6.07) is 13.8. The molecule has 36 heavy (non-hydrogen) atoms. The predicted molar refractivity (Wildman–Crippen MR) is 141 cm³/mol. The smallest absolute Gasteiger partial charge is 0.328 e. The van der Waals surface area contributed by atoms with Crippen molar-refractivity contribution >= 4 is 57.7 Å². The van der Waals surface area contributed by atoms with Gasteiger partial charge in [0.05, 0.1) is 19.5 Å². The van der Waals surface area contributed by atoms with Gasteiger partial charge in [-0.3, -0.25) is 14.4 Å². The molecule has 3 N–H and O–H groups in total. The molecule has 0 saturated carbocycles. The maximum atomic E-state index is 12.7. The van der Waals surface area contributed by atoms with Gasteiger partial charge in [0.2, 0.25) is 5.91 Å². The molecule has 0 aliphatic carbocycles. The van der Waals surface area contributed by atoms with E-state index in [9.17, 15) is 19.2 Å². The van der Waals surface area contributed by atoms with Crippen molar-refractivity contribution in [3.05, 3.63) is 65.2 Å². The maximum absolute atomic E-state index is 12.7. The Hall–Kier alpha value is -3.44. The summed E-state index contributed by atoms with van der Waals surface area (Å²) in [7, 11) is 2.48. The molecular weight excluding hydrogens is 502 g/mol. The lowest BCUT2D eigenvalue weighted by Gasteiger charge is -2.16. The Labute approximate surface area is 218 Å². The van der Waals surface area contributed by atoms with Crippen molar-refractivity contribution in [3.8, 4) is 0 Å². The average molecular weight is 530 g/mol. The molecule has 1 saturated heterocycles. The minimum atomic E-state index is -0.966. The molecule has 11 heteroatoms. The second kappa shape index (κ2) is 13.0. The molecule has 0 bridgehead atoms. The minimum Gasteiger partial charge on any atom is -0.469 e. The molecule has 1 fully saturated rings. The van der Waals surface area contributed by atoms with Gasteiger partial charge in [-0.25, -0.2) is 4.79 Å². The van der Waals surface area contributed by atoms with Gasteiger partial charge < -0.3 is 25.4 Å². The number of hydrogen-bond acceptors (Lipinski definition) is 9. The van der Waals surface area contributed by atoms with E-state index in [1.54, 1.807) is 18.2 Å². The van der Waals surface area contributed by atoms with Crippen molar-refractivity contribution < 1.29 is 28.7 Å². The highest BCUT2D eigenvalue weighted by Crippen LogP contribution is 2.24. The lowest BCUT2D eigenvalue weighted by atomic mass is 10.1. The first-order valence-electron chi connectivity index (χ1n) is 11.2. The van der Waals surface area contributed by atoms with Gasteiger partial charge in [-0.1, -0.05) is 48.2 Å². The maximum Gasteiger partial charge on any atom is 0.328 e. The monoisotopic (exact) mass is 529 g/mol. The fraction of sp³-hybridized carbons (Fsp3) is 0.320. The van der Waals surface area contributed by atoms with E-state index in [2.05, 4.69) is 20.7 Å². The highest BCUT2D eigenvalue weighted by atomic mass is 32.2. The highest BCUT2D eigenvalue weighted by Gasteiger charge is 2.29. The number of carbonyl (C=O) groups excluding carboxylic acids is 4. The topological polar surface area (TPSA) is 123 Å². The molecule has 2 aromatic carbocycles. The van der Waals surface area contributed by atoms with Crippen LogP contribution in [-0.4, -0.2) is 53.6 Å². The van der Waals surface area contributed by atoms with Crippen molar-refractivity contribution in [2.24, 2.45) is 0 Å². The van der Waals surface area contributed by atoms with Gasteiger partial charge in [0.15, 0.2) is 0 Å². The van der Waals surface area contributed by atoms with Crippen LogP contribution in [0.4, 0.5) is 5.69 Å². The Morgan fingerprint density at radius 1 is 1.08 bits per heavy atom. The number of thioether (sulfide) groups is 1. The van der Waals surface area contributed by atoms with Crippen molar-refractivity contribution in [2.45, 2.75) is 37.1 Å². The summed E-state index contributed by atoms with van der Waals surface area (Å²) in [6.45, 7) is 0.471. The van der Waals surface area contributed by atoms with Gasteiger partial charge in [-0.05, 0) is 48.2 Å². The first-order valence-corrected chi connectivity index (χ1v) is 12.5. The van der Waals surface area contributed by atoms with Crippen LogP contribution in [0.2, 0.25) is 0 Å². The third-order valence-corrected chi connectivity index (χ3v) is 6.86. The normalized spacial score (nSPS) is 15.6. The molecule has 1 aliphatic rings. The van der Waals surface area contributed by atoms with Crippen LogP contribution in [0.1, 0.15) is 34.3 Å². The van der Waals surface area contributed by atoms with Gasteiger partial charge in [-0.15, -0.1) is 0 Å². The van der Waals surface area contributed by atoms with Crippen molar-refractivity contribution in [3.63, 3.8) is 0 Å². The van der Waals surface area contributed by atoms with E-state index >= 15 is 0 Å². The number of methoxy groups -OCH3 is 2. The third-order valence-electron chi connectivity index (χ3n) is 5.48. The van der Waals surface area contributed by atoms with Crippen LogP contribution in [0.25, 0.3) is 0 Å².